The van der Waals surface area contributed by atoms with Crippen molar-refractivity contribution in [1.82, 2.24) is 0 Å². The highest BCUT2D eigenvalue weighted by Crippen LogP contribution is 2.40. The topological polar surface area (TPSA) is 110 Å². The monoisotopic (exact) mass is 586 g/mol. The number of anilines is 4. The van der Waals surface area contributed by atoms with E-state index in [0.29, 0.717) is 40.2 Å². The average Bonchev–Trinajstić information content (AvgIpc) is 2.87. The molecule has 2 amide bonds. The molecule has 0 radical (unpaired) electrons. The molecular weight excluding hydrogens is 562 g/mol. The van der Waals surface area contributed by atoms with Crippen molar-refractivity contribution in [2.45, 2.75) is 26.2 Å². The smallest absolute Gasteiger partial charge is 0.399 e. The van der Waals surface area contributed by atoms with Crippen LogP contribution in [0.15, 0.2) is 72.8 Å². The lowest BCUT2D eigenvalue weighted by Crippen LogP contribution is -2.19. The molecule has 6 nitrogen and oxygen atoms in total. The molecule has 0 aliphatic carbocycles. The third kappa shape index (κ3) is 6.48. The molecule has 0 bridgehead atoms. The third-order valence-corrected chi connectivity index (χ3v) is 6.45. The van der Waals surface area contributed by atoms with Crippen molar-refractivity contribution < 1.29 is 35.9 Å². The van der Waals surface area contributed by atoms with Crippen LogP contribution >= 0.6 is 0 Å². The number of nitrogens with two attached hydrogens (primary N) is 2. The molecule has 0 saturated heterocycles. The maximum Gasteiger partial charge on any atom is 0.417 e. The van der Waals surface area contributed by atoms with Crippen molar-refractivity contribution in [3.8, 4) is 11.1 Å². The van der Waals surface area contributed by atoms with Gasteiger partial charge in [-0.2, -0.15) is 26.3 Å². The molecule has 6 N–H and O–H groups in total. The minimum Gasteiger partial charge on any atom is -0.399 e. The molecule has 0 unspecified atom stereocenters. The Kier molecular flexibility index (Phi) is 7.93. The number of aryl methyl sites for hydroxylation is 2. The maximum absolute atomic E-state index is 14.1. The van der Waals surface area contributed by atoms with Crippen LogP contribution in [-0.4, -0.2) is 11.8 Å². The first-order chi connectivity index (χ1) is 19.5. The number of carbonyl (C=O) groups is 2. The first kappa shape index (κ1) is 30.0. The van der Waals surface area contributed by atoms with Gasteiger partial charge < -0.3 is 22.1 Å². The highest BCUT2D eigenvalue weighted by molar-refractivity contribution is 6.06. The molecule has 4 aromatic rings. The Labute approximate surface area is 236 Å². The molecule has 4 aromatic carbocycles. The summed E-state index contributed by atoms with van der Waals surface area (Å²) in [6.45, 7) is 3.28. The van der Waals surface area contributed by atoms with Crippen LogP contribution in [0.5, 0.6) is 0 Å². The molecule has 0 aliphatic heterocycles. The molecule has 0 fully saturated rings. The van der Waals surface area contributed by atoms with Crippen LogP contribution in [0.25, 0.3) is 11.1 Å². The molecule has 0 saturated carbocycles. The zero-order valence-electron chi connectivity index (χ0n) is 22.2. The minimum absolute atomic E-state index is 0.194. The second kappa shape index (κ2) is 11.1. The fourth-order valence-corrected chi connectivity index (χ4v) is 4.47. The summed E-state index contributed by atoms with van der Waals surface area (Å²) in [4.78, 5) is 25.4. The lowest BCUT2D eigenvalue weighted by Gasteiger charge is -2.18. The summed E-state index contributed by atoms with van der Waals surface area (Å²) in [6.07, 6.45) is -9.79. The molecule has 0 aromatic heterocycles. The molecule has 218 valence electrons. The van der Waals surface area contributed by atoms with Crippen LogP contribution in [0.3, 0.4) is 0 Å². The summed E-state index contributed by atoms with van der Waals surface area (Å²) in [5.74, 6) is -1.68. The molecule has 0 spiro atoms. The van der Waals surface area contributed by atoms with E-state index >= 15 is 0 Å². The first-order valence-electron chi connectivity index (χ1n) is 12.3. The van der Waals surface area contributed by atoms with E-state index in [1.165, 1.54) is 18.2 Å². The van der Waals surface area contributed by atoms with E-state index in [-0.39, 0.29) is 22.5 Å². The van der Waals surface area contributed by atoms with E-state index in [4.69, 9.17) is 11.5 Å². The van der Waals surface area contributed by atoms with E-state index in [1.54, 1.807) is 32.0 Å². The van der Waals surface area contributed by atoms with Crippen molar-refractivity contribution in [3.63, 3.8) is 0 Å². The number of benzene rings is 4. The molecular formula is C30H24F6N4O2. The number of hydrogen-bond donors (Lipinski definition) is 4. The summed E-state index contributed by atoms with van der Waals surface area (Å²) >= 11 is 0. The zero-order chi connectivity index (χ0) is 31.0. The van der Waals surface area contributed by atoms with Crippen LogP contribution in [0.1, 0.15) is 43.0 Å². The van der Waals surface area contributed by atoms with Crippen molar-refractivity contribution in [3.05, 3.63) is 106 Å². The fraction of sp³-hybridized carbons (Fsp3) is 0.133. The van der Waals surface area contributed by atoms with Gasteiger partial charge in [-0.3, -0.25) is 9.59 Å². The Morgan fingerprint density at radius 2 is 1.07 bits per heavy atom. The molecule has 12 heteroatoms. The van der Waals surface area contributed by atoms with Gasteiger partial charge in [0.05, 0.1) is 16.7 Å². The predicted molar refractivity (Wildman–Crippen MR) is 149 cm³/mol. The maximum atomic E-state index is 14.1. The van der Waals surface area contributed by atoms with E-state index in [0.717, 1.165) is 24.3 Å². The Morgan fingerprint density at radius 3 is 1.62 bits per heavy atom. The van der Waals surface area contributed by atoms with E-state index in [9.17, 15) is 35.9 Å². The Hall–Kier alpha value is -5.00. The van der Waals surface area contributed by atoms with Gasteiger partial charge in [-0.15, -0.1) is 0 Å². The Balaban J connectivity index is 1.64. The summed E-state index contributed by atoms with van der Waals surface area (Å²) in [6, 6.07) is 14.6. The molecule has 4 rings (SSSR count). The molecule has 0 atom stereocenters. The number of nitrogens with one attached hydrogen (secondary N) is 2. The quantitative estimate of drug-likeness (QED) is 0.142. The average molecular weight is 587 g/mol. The number of amides is 2. The lowest BCUT2D eigenvalue weighted by molar-refractivity contribution is -0.138. The van der Waals surface area contributed by atoms with Crippen LogP contribution in [0.2, 0.25) is 0 Å². The normalized spacial score (nSPS) is 11.7. The summed E-state index contributed by atoms with van der Waals surface area (Å²) < 4.78 is 82.7. The van der Waals surface area contributed by atoms with Gasteiger partial charge >= 0.3 is 12.4 Å². The van der Waals surface area contributed by atoms with Crippen LogP contribution in [0.4, 0.5) is 49.1 Å². The summed E-state index contributed by atoms with van der Waals surface area (Å²) in [5, 5.41) is 4.83. The second-order valence-electron chi connectivity index (χ2n) is 9.57. The number of hydrogen-bond acceptors (Lipinski definition) is 4. The predicted octanol–water partition coefficient (Wildman–Crippen LogP) is 7.68. The van der Waals surface area contributed by atoms with Gasteiger partial charge in [0.15, 0.2) is 0 Å². The standard InChI is InChI=1S/C30H24F6N4O2/c1-15-11-17(37)3-7-22(15)27(41)39-19-5-9-21(16(2)12-19)23-10-6-20(14-26(23)30(34,35)36)40-28(42)24-8-4-18(38)13-25(24)29(31,32)33/h3-14H,37-38H2,1-2H3,(H,39,41)(H,40,42). The van der Waals surface area contributed by atoms with Crippen LogP contribution < -0.4 is 22.1 Å². The number of nitrogen functional groups attached to an aromatic ring is 2. The van der Waals surface area contributed by atoms with Crippen molar-refractivity contribution in [2.24, 2.45) is 0 Å². The SMILES string of the molecule is Cc1cc(N)ccc1C(=O)Nc1ccc(-c2ccc(NC(=O)c3ccc(N)cc3C(F)(F)F)cc2C(F)(F)F)c(C)c1. The van der Waals surface area contributed by atoms with Gasteiger partial charge in [0.2, 0.25) is 0 Å². The van der Waals surface area contributed by atoms with Crippen molar-refractivity contribution in [1.29, 1.82) is 0 Å². The Bertz CT molecular complexity index is 1700. The van der Waals surface area contributed by atoms with Gasteiger partial charge in [0.1, 0.15) is 0 Å². The van der Waals surface area contributed by atoms with E-state index in [1.807, 2.05) is 0 Å². The molecule has 0 aliphatic rings. The third-order valence-electron chi connectivity index (χ3n) is 6.45. The number of rotatable bonds is 5. The summed E-state index contributed by atoms with van der Waals surface area (Å²) in [7, 11) is 0. The molecule has 42 heavy (non-hydrogen) atoms. The number of alkyl halides is 6. The number of carbonyl (C=O) groups excluding carboxylic acids is 2. The van der Waals surface area contributed by atoms with Crippen molar-refractivity contribution >= 4 is 34.6 Å². The lowest BCUT2D eigenvalue weighted by atomic mass is 9.94. The van der Waals surface area contributed by atoms with Gasteiger partial charge in [-0.25, -0.2) is 0 Å². The van der Waals surface area contributed by atoms with Crippen LogP contribution in [0, 0.1) is 13.8 Å². The molecule has 0 heterocycles. The second-order valence-corrected chi connectivity index (χ2v) is 9.57. The van der Waals surface area contributed by atoms with E-state index < -0.39 is 40.9 Å². The highest BCUT2D eigenvalue weighted by Gasteiger charge is 2.37. The Morgan fingerprint density at radius 1 is 0.571 bits per heavy atom. The van der Waals surface area contributed by atoms with Gasteiger partial charge in [-0.1, -0.05) is 12.1 Å². The van der Waals surface area contributed by atoms with Gasteiger partial charge in [0, 0.05) is 28.3 Å². The van der Waals surface area contributed by atoms with Crippen molar-refractivity contribution in [2.75, 3.05) is 22.1 Å². The zero-order valence-corrected chi connectivity index (χ0v) is 22.2. The minimum atomic E-state index is -4.92. The van der Waals surface area contributed by atoms with Gasteiger partial charge in [-0.05, 0) is 96.8 Å². The largest absolute Gasteiger partial charge is 0.417 e. The van der Waals surface area contributed by atoms with Crippen LogP contribution in [-0.2, 0) is 12.4 Å². The fourth-order valence-electron chi connectivity index (χ4n) is 4.47. The van der Waals surface area contributed by atoms with Gasteiger partial charge in [0.25, 0.3) is 11.8 Å². The number of halogens is 6. The summed E-state index contributed by atoms with van der Waals surface area (Å²) in [5.41, 5.74) is 9.55. The first-order valence-corrected chi connectivity index (χ1v) is 12.3. The van der Waals surface area contributed by atoms with E-state index in [2.05, 4.69) is 10.6 Å². The highest BCUT2D eigenvalue weighted by atomic mass is 19.4.